The largest absolute Gasteiger partial charge is 0.353 e. The van der Waals surface area contributed by atoms with Crippen LogP contribution in [0.25, 0.3) is 5.65 Å². The number of piperazine rings is 1. The summed E-state index contributed by atoms with van der Waals surface area (Å²) in [7, 11) is 0. The van der Waals surface area contributed by atoms with Crippen molar-refractivity contribution in [2.24, 2.45) is 0 Å². The summed E-state index contributed by atoms with van der Waals surface area (Å²) < 4.78 is 1.82. The third-order valence-corrected chi connectivity index (χ3v) is 6.61. The molecule has 0 spiro atoms. The highest BCUT2D eigenvalue weighted by molar-refractivity contribution is 5.99. The molecule has 5 rings (SSSR count). The molecule has 0 unspecified atom stereocenters. The summed E-state index contributed by atoms with van der Waals surface area (Å²) in [5.41, 5.74) is 6.86. The first-order valence-corrected chi connectivity index (χ1v) is 11.4. The van der Waals surface area contributed by atoms with E-state index < -0.39 is 0 Å². The molecule has 0 N–H and O–H groups in total. The van der Waals surface area contributed by atoms with E-state index >= 15 is 0 Å². The Morgan fingerprint density at radius 1 is 0.970 bits per heavy atom. The molecular weight excluding hydrogens is 412 g/mol. The minimum Gasteiger partial charge on any atom is -0.353 e. The average Bonchev–Trinajstić information content (AvgIpc) is 3.27. The van der Waals surface area contributed by atoms with Crippen molar-refractivity contribution in [2.45, 2.75) is 27.2 Å². The van der Waals surface area contributed by atoms with Gasteiger partial charge < -0.3 is 9.80 Å². The number of aryl methyl sites for hydroxylation is 3. The molecule has 0 radical (unpaired) electrons. The number of hydrogen-bond donors (Lipinski definition) is 0. The minimum absolute atomic E-state index is 0.0105. The number of carbonyl (C=O) groups excluding carboxylic acids is 1. The van der Waals surface area contributed by atoms with E-state index in [4.69, 9.17) is 4.98 Å². The van der Waals surface area contributed by atoms with Crippen LogP contribution in [0.1, 0.15) is 38.4 Å². The van der Waals surface area contributed by atoms with Crippen molar-refractivity contribution in [1.29, 1.82) is 0 Å². The van der Waals surface area contributed by atoms with Crippen LogP contribution in [0.5, 0.6) is 0 Å². The Kier molecular flexibility index (Phi) is 5.54. The Hall–Kier alpha value is -3.74. The first kappa shape index (κ1) is 21.1. The number of anilines is 1. The zero-order chi connectivity index (χ0) is 22.9. The number of benzene rings is 1. The van der Waals surface area contributed by atoms with Crippen molar-refractivity contribution in [2.75, 3.05) is 31.1 Å². The van der Waals surface area contributed by atoms with Crippen molar-refractivity contribution >= 4 is 17.4 Å². The molecule has 1 aliphatic rings. The van der Waals surface area contributed by atoms with Gasteiger partial charge in [0.25, 0.3) is 5.91 Å². The molecule has 1 amide bonds. The molecular formula is C26H28N6O. The number of fused-ring (bicyclic) bond motifs is 1. The lowest BCUT2D eigenvalue weighted by atomic mass is 9.99. The smallest absolute Gasteiger partial charge is 0.259 e. The van der Waals surface area contributed by atoms with Crippen LogP contribution in [-0.4, -0.2) is 56.6 Å². The molecule has 4 aromatic rings. The first-order chi connectivity index (χ1) is 16.0. The Morgan fingerprint density at radius 2 is 1.73 bits per heavy atom. The third kappa shape index (κ3) is 3.95. The highest BCUT2D eigenvalue weighted by Crippen LogP contribution is 2.23. The highest BCUT2D eigenvalue weighted by Gasteiger charge is 2.26. The second-order valence-electron chi connectivity index (χ2n) is 8.63. The lowest BCUT2D eigenvalue weighted by molar-refractivity contribution is 0.0748. The number of carbonyl (C=O) groups is 1. The summed E-state index contributed by atoms with van der Waals surface area (Å²) in [5, 5.41) is 4.55. The predicted molar refractivity (Wildman–Crippen MR) is 129 cm³/mol. The normalized spacial score (nSPS) is 14.2. The van der Waals surface area contributed by atoms with E-state index in [1.807, 2.05) is 34.5 Å². The fraction of sp³-hybridized carbons (Fsp3) is 0.308. The molecule has 7 nitrogen and oxygen atoms in total. The number of aromatic nitrogens is 4. The van der Waals surface area contributed by atoms with Crippen molar-refractivity contribution in [3.05, 3.63) is 88.5 Å². The summed E-state index contributed by atoms with van der Waals surface area (Å²) in [6.07, 6.45) is 4.27. The van der Waals surface area contributed by atoms with E-state index in [1.54, 1.807) is 12.4 Å². The SMILES string of the molecule is Cc1ccccc1Cc1c(C)nc2c(C(=O)N3CCN(c4ccccn4)CC3)cnn2c1C. The average molecular weight is 441 g/mol. The molecule has 1 fully saturated rings. The molecule has 4 heterocycles. The van der Waals surface area contributed by atoms with Crippen LogP contribution in [0.2, 0.25) is 0 Å². The number of pyridine rings is 1. The number of rotatable bonds is 4. The maximum Gasteiger partial charge on any atom is 0.259 e. The van der Waals surface area contributed by atoms with Crippen LogP contribution in [-0.2, 0) is 6.42 Å². The van der Waals surface area contributed by atoms with Crippen LogP contribution in [0.15, 0.2) is 54.9 Å². The van der Waals surface area contributed by atoms with Crippen LogP contribution >= 0.6 is 0 Å². The van der Waals surface area contributed by atoms with Crippen LogP contribution in [0.4, 0.5) is 5.82 Å². The van der Waals surface area contributed by atoms with Gasteiger partial charge in [0.05, 0.1) is 6.20 Å². The van der Waals surface area contributed by atoms with Gasteiger partial charge in [-0.1, -0.05) is 30.3 Å². The maximum absolute atomic E-state index is 13.4. The molecule has 0 aliphatic carbocycles. The van der Waals surface area contributed by atoms with Crippen molar-refractivity contribution in [3.8, 4) is 0 Å². The molecule has 7 heteroatoms. The molecule has 0 bridgehead atoms. The van der Waals surface area contributed by atoms with Crippen LogP contribution < -0.4 is 4.90 Å². The van der Waals surface area contributed by atoms with Gasteiger partial charge in [0, 0.05) is 50.2 Å². The second kappa shape index (κ2) is 8.65. The van der Waals surface area contributed by atoms with E-state index in [0.717, 1.165) is 42.3 Å². The van der Waals surface area contributed by atoms with Crippen LogP contribution in [0, 0.1) is 20.8 Å². The van der Waals surface area contributed by atoms with Crippen LogP contribution in [0.3, 0.4) is 0 Å². The second-order valence-corrected chi connectivity index (χ2v) is 8.63. The van der Waals surface area contributed by atoms with Gasteiger partial charge in [0.1, 0.15) is 11.4 Å². The first-order valence-electron chi connectivity index (χ1n) is 11.4. The van der Waals surface area contributed by atoms with Gasteiger partial charge in [-0.3, -0.25) is 4.79 Å². The van der Waals surface area contributed by atoms with E-state index in [2.05, 4.69) is 53.1 Å². The Bertz CT molecular complexity index is 1310. The summed E-state index contributed by atoms with van der Waals surface area (Å²) in [6.45, 7) is 9.02. The van der Waals surface area contributed by atoms with Gasteiger partial charge in [-0.2, -0.15) is 5.10 Å². The lowest BCUT2D eigenvalue weighted by Crippen LogP contribution is -2.49. The lowest BCUT2D eigenvalue weighted by Gasteiger charge is -2.35. The number of nitrogens with zero attached hydrogens (tertiary/aromatic N) is 6. The van der Waals surface area contributed by atoms with E-state index in [-0.39, 0.29) is 5.91 Å². The quantitative estimate of drug-likeness (QED) is 0.485. The number of amides is 1. The molecule has 1 aromatic carbocycles. The predicted octanol–water partition coefficient (Wildman–Crippen LogP) is 3.60. The van der Waals surface area contributed by atoms with E-state index in [0.29, 0.717) is 24.3 Å². The van der Waals surface area contributed by atoms with Crippen molar-refractivity contribution in [1.82, 2.24) is 24.5 Å². The van der Waals surface area contributed by atoms with Gasteiger partial charge in [0.15, 0.2) is 5.65 Å². The Labute approximate surface area is 193 Å². The van der Waals surface area contributed by atoms with Gasteiger partial charge in [-0.15, -0.1) is 0 Å². The molecule has 168 valence electrons. The monoisotopic (exact) mass is 440 g/mol. The standard InChI is InChI=1S/C26H28N6O/c1-18-8-4-5-9-21(18)16-22-19(2)29-25-23(17-28-32(25)20(22)3)26(33)31-14-12-30(13-15-31)24-10-6-7-11-27-24/h4-11,17H,12-16H2,1-3H3. The fourth-order valence-electron chi connectivity index (χ4n) is 4.57. The van der Waals surface area contributed by atoms with Gasteiger partial charge in [-0.05, 0) is 49.6 Å². The summed E-state index contributed by atoms with van der Waals surface area (Å²) in [4.78, 5) is 26.7. The maximum atomic E-state index is 13.4. The molecule has 0 atom stereocenters. The van der Waals surface area contributed by atoms with Gasteiger partial charge >= 0.3 is 0 Å². The topological polar surface area (TPSA) is 66.6 Å². The minimum atomic E-state index is -0.0105. The van der Waals surface area contributed by atoms with E-state index in [9.17, 15) is 4.79 Å². The number of hydrogen-bond acceptors (Lipinski definition) is 5. The molecule has 3 aromatic heterocycles. The molecule has 33 heavy (non-hydrogen) atoms. The zero-order valence-corrected chi connectivity index (χ0v) is 19.3. The molecule has 1 aliphatic heterocycles. The zero-order valence-electron chi connectivity index (χ0n) is 19.3. The Balaban J connectivity index is 1.38. The molecule has 0 saturated carbocycles. The van der Waals surface area contributed by atoms with Gasteiger partial charge in [-0.25, -0.2) is 14.5 Å². The fourth-order valence-corrected chi connectivity index (χ4v) is 4.57. The van der Waals surface area contributed by atoms with Crippen molar-refractivity contribution in [3.63, 3.8) is 0 Å². The summed E-state index contributed by atoms with van der Waals surface area (Å²) in [5.74, 6) is 0.943. The van der Waals surface area contributed by atoms with Gasteiger partial charge in [0.2, 0.25) is 0 Å². The summed E-state index contributed by atoms with van der Waals surface area (Å²) in [6, 6.07) is 14.3. The molecule has 1 saturated heterocycles. The van der Waals surface area contributed by atoms with Crippen molar-refractivity contribution < 1.29 is 4.79 Å². The highest BCUT2D eigenvalue weighted by atomic mass is 16.2. The van der Waals surface area contributed by atoms with E-state index in [1.165, 1.54) is 11.1 Å². The third-order valence-electron chi connectivity index (χ3n) is 6.61. The summed E-state index contributed by atoms with van der Waals surface area (Å²) >= 11 is 0. The Morgan fingerprint density at radius 3 is 2.45 bits per heavy atom.